The Morgan fingerprint density at radius 1 is 1.27 bits per heavy atom. The van der Waals surface area contributed by atoms with Gasteiger partial charge < -0.3 is 15.4 Å². The predicted molar refractivity (Wildman–Crippen MR) is 98.2 cm³/mol. The molecule has 0 aliphatic carbocycles. The minimum atomic E-state index is -0.183. The van der Waals surface area contributed by atoms with Crippen LogP contribution < -0.4 is 15.4 Å². The molecule has 7 nitrogen and oxygen atoms in total. The second-order valence-electron chi connectivity index (χ2n) is 5.67. The number of rotatable bonds is 4. The summed E-state index contributed by atoms with van der Waals surface area (Å²) in [7, 11) is 0. The van der Waals surface area contributed by atoms with E-state index in [9.17, 15) is 9.59 Å². The number of ether oxygens (including phenoxy) is 1. The number of fused-ring (bicyclic) bond motifs is 1. The van der Waals surface area contributed by atoms with Gasteiger partial charge in [-0.05, 0) is 35.9 Å². The number of benzene rings is 1. The van der Waals surface area contributed by atoms with Crippen molar-refractivity contribution in [2.24, 2.45) is 0 Å². The lowest BCUT2D eigenvalue weighted by molar-refractivity contribution is -0.118. The lowest BCUT2D eigenvalue weighted by Gasteiger charge is -2.18. The van der Waals surface area contributed by atoms with E-state index in [4.69, 9.17) is 4.74 Å². The number of carbonyl (C=O) groups excluding carboxylic acids is 2. The highest BCUT2D eigenvalue weighted by molar-refractivity contribution is 7.14. The monoisotopic (exact) mass is 366 g/mol. The molecule has 0 radical (unpaired) electrons. The summed E-state index contributed by atoms with van der Waals surface area (Å²) in [4.78, 5) is 32.0. The van der Waals surface area contributed by atoms with Gasteiger partial charge >= 0.3 is 0 Å². The molecule has 2 N–H and O–H groups in total. The van der Waals surface area contributed by atoms with Crippen LogP contribution in [0.2, 0.25) is 0 Å². The highest BCUT2D eigenvalue weighted by Crippen LogP contribution is 2.33. The molecular weight excluding hydrogens is 352 g/mol. The summed E-state index contributed by atoms with van der Waals surface area (Å²) < 4.78 is 5.35. The van der Waals surface area contributed by atoms with Gasteiger partial charge in [0.15, 0.2) is 11.7 Å². The third-order valence-corrected chi connectivity index (χ3v) is 4.53. The van der Waals surface area contributed by atoms with Crippen LogP contribution in [-0.2, 0) is 16.0 Å². The van der Waals surface area contributed by atoms with Crippen LogP contribution >= 0.6 is 11.3 Å². The summed E-state index contributed by atoms with van der Waals surface area (Å²) in [6.45, 7) is 0.0245. The van der Waals surface area contributed by atoms with E-state index in [0.717, 1.165) is 16.8 Å². The predicted octanol–water partition coefficient (Wildman–Crippen LogP) is 2.72. The second-order valence-corrected chi connectivity index (χ2v) is 6.52. The van der Waals surface area contributed by atoms with Gasteiger partial charge in [0, 0.05) is 23.3 Å². The molecule has 0 unspecified atom stereocenters. The van der Waals surface area contributed by atoms with Crippen LogP contribution in [0.4, 0.5) is 10.8 Å². The Hall–Kier alpha value is -3.26. The molecular formula is C18H14N4O3S. The summed E-state index contributed by atoms with van der Waals surface area (Å²) >= 11 is 1.35. The van der Waals surface area contributed by atoms with Crippen molar-refractivity contribution < 1.29 is 14.3 Å². The van der Waals surface area contributed by atoms with Gasteiger partial charge in [-0.2, -0.15) is 0 Å². The molecule has 2 aromatic heterocycles. The van der Waals surface area contributed by atoms with Gasteiger partial charge in [-0.1, -0.05) is 0 Å². The average molecular weight is 366 g/mol. The van der Waals surface area contributed by atoms with E-state index in [1.807, 2.05) is 17.5 Å². The van der Waals surface area contributed by atoms with Crippen molar-refractivity contribution >= 4 is 34.0 Å². The molecule has 1 aliphatic heterocycles. The van der Waals surface area contributed by atoms with Crippen LogP contribution in [0.1, 0.15) is 5.56 Å². The number of hydrogen-bond donors (Lipinski definition) is 2. The fourth-order valence-corrected chi connectivity index (χ4v) is 3.29. The van der Waals surface area contributed by atoms with Crippen molar-refractivity contribution in [3.8, 4) is 17.0 Å². The summed E-state index contributed by atoms with van der Waals surface area (Å²) in [5.74, 6) is 0.314. The molecule has 2 amide bonds. The maximum atomic E-state index is 12.1. The molecule has 26 heavy (non-hydrogen) atoms. The van der Waals surface area contributed by atoms with E-state index in [0.29, 0.717) is 16.6 Å². The molecule has 0 saturated heterocycles. The lowest BCUT2D eigenvalue weighted by atomic mass is 10.1. The minimum absolute atomic E-state index is 0.0245. The van der Waals surface area contributed by atoms with Crippen LogP contribution in [0.15, 0.2) is 48.1 Å². The maximum Gasteiger partial charge on any atom is 0.262 e. The van der Waals surface area contributed by atoms with E-state index in [2.05, 4.69) is 20.6 Å². The summed E-state index contributed by atoms with van der Waals surface area (Å²) in [6.07, 6.45) is 3.57. The van der Waals surface area contributed by atoms with Crippen molar-refractivity contribution in [2.45, 2.75) is 6.42 Å². The van der Waals surface area contributed by atoms with Gasteiger partial charge in [-0.25, -0.2) is 4.98 Å². The molecule has 0 bridgehead atoms. The standard InChI is InChI=1S/C18H14N4O3S/c23-16(7-11-3-5-19-6-4-11)22-18-21-14(10-26-18)12-1-2-15-13(8-12)20-17(24)9-25-15/h1-6,8,10H,7,9H2,(H,20,24)(H,21,22,23). The van der Waals surface area contributed by atoms with Crippen molar-refractivity contribution in [3.63, 3.8) is 0 Å². The third kappa shape index (κ3) is 3.55. The zero-order valence-corrected chi connectivity index (χ0v) is 14.4. The van der Waals surface area contributed by atoms with Gasteiger partial charge in [0.05, 0.1) is 17.8 Å². The Morgan fingerprint density at radius 2 is 2.12 bits per heavy atom. The summed E-state index contributed by atoms with van der Waals surface area (Å²) in [5, 5.41) is 7.96. The number of anilines is 2. The zero-order valence-electron chi connectivity index (χ0n) is 13.6. The molecule has 0 saturated carbocycles. The zero-order chi connectivity index (χ0) is 17.9. The maximum absolute atomic E-state index is 12.1. The normalized spacial score (nSPS) is 12.7. The van der Waals surface area contributed by atoms with E-state index in [1.54, 1.807) is 30.6 Å². The number of nitrogens with one attached hydrogen (secondary N) is 2. The van der Waals surface area contributed by atoms with Crippen LogP contribution in [0.25, 0.3) is 11.3 Å². The fourth-order valence-electron chi connectivity index (χ4n) is 2.56. The first-order valence-corrected chi connectivity index (χ1v) is 8.77. The van der Waals surface area contributed by atoms with Gasteiger partial charge in [0.25, 0.3) is 5.91 Å². The Balaban J connectivity index is 1.47. The van der Waals surface area contributed by atoms with E-state index in [-0.39, 0.29) is 24.8 Å². The number of hydrogen-bond acceptors (Lipinski definition) is 6. The first-order valence-electron chi connectivity index (χ1n) is 7.89. The fraction of sp³-hybridized carbons (Fsp3) is 0.111. The minimum Gasteiger partial charge on any atom is -0.482 e. The molecule has 130 valence electrons. The molecule has 3 heterocycles. The van der Waals surface area contributed by atoms with Gasteiger partial charge in [-0.15, -0.1) is 11.3 Å². The number of amides is 2. The number of nitrogens with zero attached hydrogens (tertiary/aromatic N) is 2. The second kappa shape index (κ2) is 6.93. The smallest absolute Gasteiger partial charge is 0.262 e. The Bertz CT molecular complexity index is 972. The Morgan fingerprint density at radius 3 is 2.96 bits per heavy atom. The first kappa shape index (κ1) is 16.2. The number of pyridine rings is 1. The molecule has 0 fully saturated rings. The van der Waals surface area contributed by atoms with E-state index < -0.39 is 0 Å². The van der Waals surface area contributed by atoms with Gasteiger partial charge in [-0.3, -0.25) is 14.6 Å². The van der Waals surface area contributed by atoms with Crippen LogP contribution in [0, 0.1) is 0 Å². The highest BCUT2D eigenvalue weighted by Gasteiger charge is 2.17. The highest BCUT2D eigenvalue weighted by atomic mass is 32.1. The van der Waals surface area contributed by atoms with Crippen molar-refractivity contribution in [2.75, 3.05) is 17.2 Å². The van der Waals surface area contributed by atoms with Crippen molar-refractivity contribution in [3.05, 3.63) is 53.7 Å². The largest absolute Gasteiger partial charge is 0.482 e. The number of carbonyl (C=O) groups is 2. The molecule has 1 aliphatic rings. The average Bonchev–Trinajstić information content (AvgIpc) is 3.10. The van der Waals surface area contributed by atoms with Gasteiger partial charge in [0.1, 0.15) is 5.75 Å². The molecule has 0 atom stereocenters. The molecule has 1 aromatic carbocycles. The van der Waals surface area contributed by atoms with E-state index in [1.165, 1.54) is 11.3 Å². The van der Waals surface area contributed by atoms with Crippen molar-refractivity contribution in [1.82, 2.24) is 9.97 Å². The Kier molecular flexibility index (Phi) is 4.32. The molecule has 4 rings (SSSR count). The summed E-state index contributed by atoms with van der Waals surface area (Å²) in [5.41, 5.74) is 3.06. The van der Waals surface area contributed by atoms with Crippen LogP contribution in [-0.4, -0.2) is 28.4 Å². The topological polar surface area (TPSA) is 93.2 Å². The van der Waals surface area contributed by atoms with Crippen molar-refractivity contribution in [1.29, 1.82) is 0 Å². The number of thiazole rings is 1. The molecule has 3 aromatic rings. The molecule has 0 spiro atoms. The lowest BCUT2D eigenvalue weighted by Crippen LogP contribution is -2.25. The van der Waals surface area contributed by atoms with Crippen LogP contribution in [0.3, 0.4) is 0 Å². The summed E-state index contributed by atoms with van der Waals surface area (Å²) in [6, 6.07) is 9.08. The quantitative estimate of drug-likeness (QED) is 0.741. The molecule has 8 heteroatoms. The Labute approximate surface area is 153 Å². The third-order valence-electron chi connectivity index (χ3n) is 3.77. The van der Waals surface area contributed by atoms with Gasteiger partial charge in [0.2, 0.25) is 5.91 Å². The van der Waals surface area contributed by atoms with E-state index >= 15 is 0 Å². The first-order chi connectivity index (χ1) is 12.7. The SMILES string of the molecule is O=C(Cc1ccncc1)Nc1nc(-c2ccc3c(c2)NC(=O)CO3)cs1. The number of aromatic nitrogens is 2. The van der Waals surface area contributed by atoms with Crippen LogP contribution in [0.5, 0.6) is 5.75 Å².